The highest BCUT2D eigenvalue weighted by Crippen LogP contribution is 2.34. The second-order valence-corrected chi connectivity index (χ2v) is 12.5. The molecule has 0 radical (unpaired) electrons. The molecule has 4 atom stereocenters. The van der Waals surface area contributed by atoms with Crippen LogP contribution in [0.2, 0.25) is 0 Å². The number of carbonyl (C=O) groups is 1. The van der Waals surface area contributed by atoms with E-state index in [1.807, 2.05) is 34.6 Å². The van der Waals surface area contributed by atoms with E-state index in [0.717, 1.165) is 19.3 Å². The second kappa shape index (κ2) is 16.5. The molecule has 0 N–H and O–H groups in total. The zero-order valence-corrected chi connectivity index (χ0v) is 24.4. The predicted octanol–water partition coefficient (Wildman–Crippen LogP) is 6.13. The first kappa shape index (κ1) is 32.7. The number of ether oxygens (including phenoxy) is 3. The molecule has 0 aromatic heterocycles. The van der Waals surface area contributed by atoms with E-state index in [0.29, 0.717) is 44.2 Å². The van der Waals surface area contributed by atoms with Gasteiger partial charge in [0.05, 0.1) is 22.9 Å². The average Bonchev–Trinajstić information content (AvgIpc) is 2.87. The summed E-state index contributed by atoms with van der Waals surface area (Å²) in [5, 5.41) is 0. The van der Waals surface area contributed by atoms with E-state index >= 15 is 0 Å². The van der Waals surface area contributed by atoms with Gasteiger partial charge in [0, 0.05) is 37.8 Å². The van der Waals surface area contributed by atoms with Gasteiger partial charge in [0.1, 0.15) is 5.78 Å². The molecule has 0 spiro atoms. The van der Waals surface area contributed by atoms with Gasteiger partial charge in [-0.15, -0.1) is 0 Å². The van der Waals surface area contributed by atoms with Crippen molar-refractivity contribution in [3.8, 4) is 0 Å². The number of Topliss-reactive ketones (excluding diaryl/α,β-unsaturated/α-hetero) is 1. The summed E-state index contributed by atoms with van der Waals surface area (Å²) in [6.45, 7) is 16.3. The molecule has 0 aliphatic rings. The normalized spacial score (nSPS) is 15.9. The van der Waals surface area contributed by atoms with Crippen molar-refractivity contribution in [3.63, 3.8) is 0 Å². The highest BCUT2D eigenvalue weighted by atomic mass is 32.2. The van der Waals surface area contributed by atoms with Gasteiger partial charge in [0.15, 0.2) is 9.84 Å². The minimum absolute atomic E-state index is 0.0193. The third kappa shape index (κ3) is 10.2. The van der Waals surface area contributed by atoms with Gasteiger partial charge < -0.3 is 14.2 Å². The number of carbonyl (C=O) groups excluding carboxylic acids is 1. The minimum Gasteiger partial charge on any atom is -0.381 e. The molecule has 36 heavy (non-hydrogen) atoms. The molecule has 0 bridgehead atoms. The summed E-state index contributed by atoms with van der Waals surface area (Å²) in [4.78, 5) is 14.2. The van der Waals surface area contributed by atoms with Crippen LogP contribution in [0.25, 0.3) is 0 Å². The summed E-state index contributed by atoms with van der Waals surface area (Å²) in [6, 6.07) is 8.52. The summed E-state index contributed by atoms with van der Waals surface area (Å²) in [6.07, 6.45) is 3.10. The summed E-state index contributed by atoms with van der Waals surface area (Å²) in [5.74, 6) is -0.401. The number of ketones is 1. The van der Waals surface area contributed by atoms with E-state index in [2.05, 4.69) is 13.8 Å². The molecule has 1 aromatic rings. The lowest BCUT2D eigenvalue weighted by molar-refractivity contribution is -0.148. The molecule has 0 amide bonds. The van der Waals surface area contributed by atoms with Crippen molar-refractivity contribution >= 4 is 15.6 Å². The van der Waals surface area contributed by atoms with Gasteiger partial charge in [-0.25, -0.2) is 8.42 Å². The van der Waals surface area contributed by atoms with Crippen LogP contribution < -0.4 is 0 Å². The molecular formula is C29H50O6S. The Morgan fingerprint density at radius 3 is 2.03 bits per heavy atom. The van der Waals surface area contributed by atoms with Gasteiger partial charge in [-0.05, 0) is 50.2 Å². The van der Waals surface area contributed by atoms with Crippen LogP contribution in [0.3, 0.4) is 0 Å². The fourth-order valence-electron chi connectivity index (χ4n) is 4.55. The third-order valence-corrected chi connectivity index (χ3v) is 8.53. The standard InChI is InChI=1S/C29H50O6S/c1-8-18-33-21-16-26(34-19-9-2)29(6,7)28(30)24(5)27(35-20-10-3)23(4)17-22-36(31,32)25-14-12-11-13-15-25/h11-15,23-24,26-27H,8-10,16-22H2,1-7H3/t23-,24+,26-,27-/m0/s1. The summed E-state index contributed by atoms with van der Waals surface area (Å²) < 4.78 is 43.7. The quantitative estimate of drug-likeness (QED) is 0.190. The van der Waals surface area contributed by atoms with Gasteiger partial charge in [-0.2, -0.15) is 0 Å². The minimum atomic E-state index is -3.40. The van der Waals surface area contributed by atoms with Crippen molar-refractivity contribution in [2.75, 3.05) is 32.2 Å². The monoisotopic (exact) mass is 526 g/mol. The molecule has 208 valence electrons. The zero-order valence-electron chi connectivity index (χ0n) is 23.6. The Balaban J connectivity index is 3.00. The Morgan fingerprint density at radius 2 is 1.44 bits per heavy atom. The maximum atomic E-state index is 13.9. The van der Waals surface area contributed by atoms with Crippen molar-refractivity contribution in [1.29, 1.82) is 0 Å². The predicted molar refractivity (Wildman–Crippen MR) is 146 cm³/mol. The largest absolute Gasteiger partial charge is 0.381 e. The number of rotatable bonds is 20. The first-order chi connectivity index (χ1) is 17.0. The maximum Gasteiger partial charge on any atom is 0.178 e. The van der Waals surface area contributed by atoms with Crippen molar-refractivity contribution < 1.29 is 27.4 Å². The van der Waals surface area contributed by atoms with Crippen molar-refractivity contribution in [3.05, 3.63) is 30.3 Å². The molecule has 0 unspecified atom stereocenters. The van der Waals surface area contributed by atoms with Crippen molar-refractivity contribution in [1.82, 2.24) is 0 Å². The van der Waals surface area contributed by atoms with E-state index in [1.54, 1.807) is 30.3 Å². The highest BCUT2D eigenvalue weighted by Gasteiger charge is 2.43. The van der Waals surface area contributed by atoms with E-state index in [-0.39, 0.29) is 29.7 Å². The van der Waals surface area contributed by atoms with Crippen molar-refractivity contribution in [2.24, 2.45) is 17.3 Å². The van der Waals surface area contributed by atoms with Crippen LogP contribution in [0.4, 0.5) is 0 Å². The molecule has 1 rings (SSSR count). The fraction of sp³-hybridized carbons (Fsp3) is 0.759. The van der Waals surface area contributed by atoms with Crippen LogP contribution in [-0.4, -0.2) is 58.6 Å². The Hall–Kier alpha value is -1.28. The smallest absolute Gasteiger partial charge is 0.178 e. The zero-order chi connectivity index (χ0) is 27.2. The first-order valence-electron chi connectivity index (χ1n) is 13.7. The van der Waals surface area contributed by atoms with E-state index in [4.69, 9.17) is 14.2 Å². The van der Waals surface area contributed by atoms with E-state index in [9.17, 15) is 13.2 Å². The van der Waals surface area contributed by atoms with Crippen LogP contribution in [-0.2, 0) is 28.8 Å². The van der Waals surface area contributed by atoms with Gasteiger partial charge >= 0.3 is 0 Å². The lowest BCUT2D eigenvalue weighted by atomic mass is 9.73. The molecule has 6 nitrogen and oxygen atoms in total. The van der Waals surface area contributed by atoms with Crippen LogP contribution >= 0.6 is 0 Å². The van der Waals surface area contributed by atoms with Crippen LogP contribution in [0.5, 0.6) is 0 Å². The molecule has 0 aliphatic heterocycles. The molecule has 0 aliphatic carbocycles. The first-order valence-corrected chi connectivity index (χ1v) is 15.3. The van der Waals surface area contributed by atoms with E-state index < -0.39 is 21.2 Å². The maximum absolute atomic E-state index is 13.9. The molecule has 1 aromatic carbocycles. The SMILES string of the molecule is CCCOCC[C@H](OCCC)C(C)(C)C(=O)[C@H](C)[C@@H](OCCC)[C@@H](C)CCS(=O)(=O)c1ccccc1. The Kier molecular flexibility index (Phi) is 15.0. The molecule has 0 saturated heterocycles. The van der Waals surface area contributed by atoms with Crippen LogP contribution in [0.15, 0.2) is 35.2 Å². The Morgan fingerprint density at radius 1 is 0.861 bits per heavy atom. The number of hydrogen-bond acceptors (Lipinski definition) is 6. The summed E-state index contributed by atoms with van der Waals surface area (Å²) in [5.41, 5.74) is -0.728. The van der Waals surface area contributed by atoms with Gasteiger partial charge in [-0.3, -0.25) is 4.79 Å². The lowest BCUT2D eigenvalue weighted by Gasteiger charge is -2.38. The molecule has 7 heteroatoms. The third-order valence-electron chi connectivity index (χ3n) is 6.76. The average molecular weight is 527 g/mol. The van der Waals surface area contributed by atoms with Crippen molar-refractivity contribution in [2.45, 2.75) is 97.7 Å². The van der Waals surface area contributed by atoms with Gasteiger partial charge in [0.25, 0.3) is 0 Å². The van der Waals surface area contributed by atoms with Crippen LogP contribution in [0.1, 0.15) is 80.6 Å². The molecule has 0 saturated carbocycles. The Labute approximate surface area is 220 Å². The lowest BCUT2D eigenvalue weighted by Crippen LogP contribution is -2.47. The summed E-state index contributed by atoms with van der Waals surface area (Å²) >= 11 is 0. The Bertz CT molecular complexity index is 837. The number of benzene rings is 1. The van der Waals surface area contributed by atoms with Crippen LogP contribution in [0, 0.1) is 17.3 Å². The summed E-state index contributed by atoms with van der Waals surface area (Å²) in [7, 11) is -3.40. The highest BCUT2D eigenvalue weighted by molar-refractivity contribution is 7.91. The molecule has 0 fully saturated rings. The molecular weight excluding hydrogens is 476 g/mol. The topological polar surface area (TPSA) is 78.9 Å². The van der Waals surface area contributed by atoms with Gasteiger partial charge in [0.2, 0.25) is 0 Å². The second-order valence-electron chi connectivity index (χ2n) is 10.4. The van der Waals surface area contributed by atoms with E-state index in [1.165, 1.54) is 0 Å². The molecule has 0 heterocycles. The number of sulfone groups is 1. The fourth-order valence-corrected chi connectivity index (χ4v) is 6.04. The number of hydrogen-bond donors (Lipinski definition) is 0. The van der Waals surface area contributed by atoms with Gasteiger partial charge in [-0.1, -0.05) is 66.7 Å².